The van der Waals surface area contributed by atoms with Gasteiger partial charge >= 0.3 is 0 Å². The summed E-state index contributed by atoms with van der Waals surface area (Å²) in [6.07, 6.45) is 8.74. The third kappa shape index (κ3) is 3.12. The smallest absolute Gasteiger partial charge is 0.137 e. The van der Waals surface area contributed by atoms with Crippen molar-refractivity contribution in [3.8, 4) is 0 Å². The topological polar surface area (TPSA) is 71.0 Å². The Bertz CT molecular complexity index is 256. The fourth-order valence-electron chi connectivity index (χ4n) is 3.38. The molecule has 0 spiro atoms. The van der Waals surface area contributed by atoms with Gasteiger partial charge in [0.15, 0.2) is 0 Å². The van der Waals surface area contributed by atoms with E-state index in [-0.39, 0.29) is 12.1 Å². The maximum absolute atomic E-state index is 11.4. The van der Waals surface area contributed by atoms with Crippen LogP contribution in [0.5, 0.6) is 0 Å². The van der Waals surface area contributed by atoms with Gasteiger partial charge in [-0.25, -0.2) is 0 Å². The van der Waals surface area contributed by atoms with Crippen LogP contribution in [0.15, 0.2) is 0 Å². The Balaban J connectivity index is 1.98. The van der Waals surface area contributed by atoms with Gasteiger partial charge in [0.25, 0.3) is 0 Å². The normalized spacial score (nSPS) is 31.1. The second kappa shape index (κ2) is 5.71. The van der Waals surface area contributed by atoms with Crippen LogP contribution in [0.1, 0.15) is 57.8 Å². The van der Waals surface area contributed by atoms with Gasteiger partial charge in [0.1, 0.15) is 6.09 Å². The van der Waals surface area contributed by atoms with Crippen LogP contribution in [0.25, 0.3) is 0 Å². The Hall–Kier alpha value is -0.770. The standard InChI is InChI=1S/C13H24N2O2/c14-10-6-8-12(9-7-10)15(13(16)17)11-4-2-1-3-5-11/h10-12H,1-9,14H2,(H,16,17). The highest BCUT2D eigenvalue weighted by molar-refractivity contribution is 5.63. The second-order valence-corrected chi connectivity index (χ2v) is 5.64. The molecule has 0 bridgehead atoms. The van der Waals surface area contributed by atoms with E-state index in [4.69, 9.17) is 0 Å². The third-order valence-electron chi connectivity index (χ3n) is 4.39. The van der Waals surface area contributed by atoms with Crippen LogP contribution < -0.4 is 10.8 Å². The number of rotatable bonds is 2. The van der Waals surface area contributed by atoms with Crippen molar-refractivity contribution in [1.29, 1.82) is 0 Å². The SMILES string of the molecule is [NH3+]C1CCC(N(C(=O)[O-])C2CCCCC2)CC1. The van der Waals surface area contributed by atoms with Gasteiger partial charge in [0.2, 0.25) is 0 Å². The Morgan fingerprint density at radius 1 is 0.941 bits per heavy atom. The number of hydrogen-bond donors (Lipinski definition) is 1. The van der Waals surface area contributed by atoms with E-state index in [1.54, 1.807) is 4.90 Å². The second-order valence-electron chi connectivity index (χ2n) is 5.64. The molecule has 3 N–H and O–H groups in total. The lowest BCUT2D eigenvalue weighted by Gasteiger charge is -2.43. The van der Waals surface area contributed by atoms with Crippen LogP contribution in [-0.4, -0.2) is 29.1 Å². The first-order chi connectivity index (χ1) is 8.18. The van der Waals surface area contributed by atoms with Gasteiger partial charge in [-0.15, -0.1) is 0 Å². The van der Waals surface area contributed by atoms with Crippen LogP contribution in [0, 0.1) is 0 Å². The molecule has 98 valence electrons. The molecule has 4 heteroatoms. The molecule has 2 saturated carbocycles. The molecule has 0 saturated heterocycles. The molecule has 2 fully saturated rings. The van der Waals surface area contributed by atoms with Gasteiger partial charge in [-0.1, -0.05) is 19.3 Å². The molecule has 0 atom stereocenters. The van der Waals surface area contributed by atoms with Crippen LogP contribution in [-0.2, 0) is 0 Å². The van der Waals surface area contributed by atoms with Gasteiger partial charge in [-0.3, -0.25) is 0 Å². The van der Waals surface area contributed by atoms with E-state index in [0.29, 0.717) is 6.04 Å². The molecule has 2 aliphatic carbocycles. The average molecular weight is 240 g/mol. The predicted octanol–water partition coefficient (Wildman–Crippen LogP) is 0.517. The molecule has 2 aliphatic rings. The number of nitrogens with zero attached hydrogens (tertiary/aromatic N) is 1. The van der Waals surface area contributed by atoms with Crippen molar-refractivity contribution in [2.24, 2.45) is 0 Å². The van der Waals surface area contributed by atoms with Gasteiger partial charge in [0.05, 0.1) is 6.04 Å². The summed E-state index contributed by atoms with van der Waals surface area (Å²) in [5, 5.41) is 11.4. The van der Waals surface area contributed by atoms with Crippen LogP contribution in [0.4, 0.5) is 4.79 Å². The summed E-state index contributed by atoms with van der Waals surface area (Å²) in [7, 11) is 0. The Kier molecular flexibility index (Phi) is 4.26. The summed E-state index contributed by atoms with van der Waals surface area (Å²) in [6.45, 7) is 0. The molecule has 0 radical (unpaired) electrons. The summed E-state index contributed by atoms with van der Waals surface area (Å²) in [4.78, 5) is 13.1. The molecule has 0 aromatic rings. The van der Waals surface area contributed by atoms with E-state index < -0.39 is 6.09 Å². The summed E-state index contributed by atoms with van der Waals surface area (Å²) in [6, 6.07) is 0.933. The quantitative estimate of drug-likeness (QED) is 0.764. The number of amides is 1. The minimum Gasteiger partial charge on any atom is -0.530 e. The highest BCUT2D eigenvalue weighted by atomic mass is 16.4. The van der Waals surface area contributed by atoms with Gasteiger partial charge in [-0.05, 0) is 25.7 Å². The highest BCUT2D eigenvalue weighted by Crippen LogP contribution is 2.29. The van der Waals surface area contributed by atoms with Crippen LogP contribution >= 0.6 is 0 Å². The van der Waals surface area contributed by atoms with Crippen LogP contribution in [0.2, 0.25) is 0 Å². The third-order valence-corrected chi connectivity index (χ3v) is 4.39. The molecule has 2 rings (SSSR count). The molecule has 0 aromatic carbocycles. The van der Waals surface area contributed by atoms with Crippen molar-refractivity contribution in [1.82, 2.24) is 4.90 Å². The van der Waals surface area contributed by atoms with E-state index in [2.05, 4.69) is 5.73 Å². The number of quaternary nitrogens is 1. The minimum atomic E-state index is -0.954. The lowest BCUT2D eigenvalue weighted by atomic mass is 9.87. The monoisotopic (exact) mass is 240 g/mol. The Morgan fingerprint density at radius 2 is 1.47 bits per heavy atom. The fraction of sp³-hybridized carbons (Fsp3) is 0.923. The zero-order valence-electron chi connectivity index (χ0n) is 10.6. The fourth-order valence-corrected chi connectivity index (χ4v) is 3.38. The minimum absolute atomic E-state index is 0.195. The van der Waals surface area contributed by atoms with Crippen molar-refractivity contribution in [2.75, 3.05) is 0 Å². The zero-order valence-corrected chi connectivity index (χ0v) is 10.6. The highest BCUT2D eigenvalue weighted by Gasteiger charge is 2.31. The largest absolute Gasteiger partial charge is 0.530 e. The first kappa shape index (κ1) is 12.7. The predicted molar refractivity (Wildman–Crippen MR) is 63.0 cm³/mol. The number of carbonyl (C=O) groups is 1. The zero-order chi connectivity index (χ0) is 12.3. The van der Waals surface area contributed by atoms with E-state index in [0.717, 1.165) is 38.5 Å². The van der Waals surface area contributed by atoms with E-state index in [1.165, 1.54) is 19.3 Å². The van der Waals surface area contributed by atoms with Crippen molar-refractivity contribution in [3.05, 3.63) is 0 Å². The Morgan fingerprint density at radius 3 is 2.00 bits per heavy atom. The maximum atomic E-state index is 11.4. The van der Waals surface area contributed by atoms with Crippen molar-refractivity contribution in [3.63, 3.8) is 0 Å². The number of carbonyl (C=O) groups excluding carboxylic acids is 1. The van der Waals surface area contributed by atoms with Gasteiger partial charge < -0.3 is 20.5 Å². The van der Waals surface area contributed by atoms with Crippen molar-refractivity contribution >= 4 is 6.09 Å². The van der Waals surface area contributed by atoms with Crippen molar-refractivity contribution in [2.45, 2.75) is 75.9 Å². The molecular weight excluding hydrogens is 216 g/mol. The first-order valence-electron chi connectivity index (χ1n) is 7.01. The van der Waals surface area contributed by atoms with Crippen molar-refractivity contribution < 1.29 is 15.6 Å². The van der Waals surface area contributed by atoms with Gasteiger partial charge in [-0.2, -0.15) is 0 Å². The average Bonchev–Trinajstić information content (AvgIpc) is 2.33. The molecule has 0 unspecified atom stereocenters. The molecule has 1 amide bonds. The van der Waals surface area contributed by atoms with Crippen LogP contribution in [0.3, 0.4) is 0 Å². The summed E-state index contributed by atoms with van der Waals surface area (Å²) >= 11 is 0. The summed E-state index contributed by atoms with van der Waals surface area (Å²) in [5.74, 6) is 0. The molecule has 0 heterocycles. The maximum Gasteiger partial charge on any atom is 0.137 e. The Labute approximate surface area is 103 Å². The first-order valence-corrected chi connectivity index (χ1v) is 7.01. The molecule has 0 aliphatic heterocycles. The lowest BCUT2D eigenvalue weighted by Crippen LogP contribution is -2.64. The molecule has 17 heavy (non-hydrogen) atoms. The van der Waals surface area contributed by atoms with E-state index >= 15 is 0 Å². The molecule has 0 aromatic heterocycles. The number of hydrogen-bond acceptors (Lipinski definition) is 2. The molecular formula is C13H24N2O2. The number of carboxylic acid groups (broad SMARTS) is 1. The lowest BCUT2D eigenvalue weighted by molar-refractivity contribution is -0.426. The van der Waals surface area contributed by atoms with E-state index in [1.807, 2.05) is 0 Å². The molecule has 4 nitrogen and oxygen atoms in total. The van der Waals surface area contributed by atoms with E-state index in [9.17, 15) is 9.90 Å². The summed E-state index contributed by atoms with van der Waals surface area (Å²) in [5.41, 5.74) is 4.07. The van der Waals surface area contributed by atoms with Gasteiger partial charge in [0, 0.05) is 24.9 Å². The summed E-state index contributed by atoms with van der Waals surface area (Å²) < 4.78 is 0.